The van der Waals surface area contributed by atoms with Gasteiger partial charge in [0.15, 0.2) is 0 Å². The highest BCUT2D eigenvalue weighted by Crippen LogP contribution is 2.10. The van der Waals surface area contributed by atoms with E-state index in [1.807, 2.05) is 14.1 Å². The monoisotopic (exact) mass is 288 g/mol. The summed E-state index contributed by atoms with van der Waals surface area (Å²) in [6.07, 6.45) is 1.52. The molecule has 0 bridgehead atoms. The molecule has 0 saturated heterocycles. The van der Waals surface area contributed by atoms with Gasteiger partial charge < -0.3 is 15.2 Å². The molecule has 0 aliphatic carbocycles. The van der Waals surface area contributed by atoms with Gasteiger partial charge in [-0.2, -0.15) is 0 Å². The van der Waals surface area contributed by atoms with Crippen LogP contribution >= 0.6 is 0 Å². The predicted octanol–water partition coefficient (Wildman–Crippen LogP) is 0.353. The zero-order valence-corrected chi connectivity index (χ0v) is 12.8. The lowest BCUT2D eigenvalue weighted by molar-refractivity contribution is 0.278. The Bertz CT molecular complexity index is 482. The highest BCUT2D eigenvalue weighted by Gasteiger charge is 2.15. The van der Waals surface area contributed by atoms with Gasteiger partial charge in [0.25, 0.3) is 0 Å². The Kier molecular flexibility index (Phi) is 5.99. The van der Waals surface area contributed by atoms with Crippen LogP contribution < -0.4 is 10.0 Å². The zero-order chi connectivity index (χ0) is 14.5. The Labute approximate surface area is 115 Å². The SMILES string of the molecule is CNCc1cc(S(=O)(=O)NCCN(C)C(C)C)c[nH]1. The maximum absolute atomic E-state index is 12.0. The van der Waals surface area contributed by atoms with Crippen molar-refractivity contribution >= 4 is 10.0 Å². The molecule has 1 heterocycles. The first-order valence-corrected chi connectivity index (χ1v) is 7.87. The lowest BCUT2D eigenvalue weighted by atomic mass is 10.3. The molecule has 0 radical (unpaired) electrons. The first kappa shape index (κ1) is 16.2. The molecule has 0 atom stereocenters. The van der Waals surface area contributed by atoms with E-state index in [2.05, 4.69) is 33.8 Å². The van der Waals surface area contributed by atoms with Crippen LogP contribution in [-0.4, -0.2) is 51.5 Å². The van der Waals surface area contributed by atoms with E-state index >= 15 is 0 Å². The fourth-order valence-corrected chi connectivity index (χ4v) is 2.60. The molecule has 0 aliphatic heterocycles. The molecular weight excluding hydrogens is 264 g/mol. The molecule has 19 heavy (non-hydrogen) atoms. The molecule has 0 unspecified atom stereocenters. The largest absolute Gasteiger partial charge is 0.363 e. The van der Waals surface area contributed by atoms with Gasteiger partial charge in [-0.25, -0.2) is 13.1 Å². The van der Waals surface area contributed by atoms with Gasteiger partial charge in [0.2, 0.25) is 10.0 Å². The van der Waals surface area contributed by atoms with E-state index < -0.39 is 10.0 Å². The predicted molar refractivity (Wildman–Crippen MR) is 76.5 cm³/mol. The van der Waals surface area contributed by atoms with E-state index in [0.717, 1.165) is 5.69 Å². The molecule has 0 saturated carbocycles. The van der Waals surface area contributed by atoms with Gasteiger partial charge in [-0.15, -0.1) is 0 Å². The van der Waals surface area contributed by atoms with Crippen LogP contribution in [0.25, 0.3) is 0 Å². The second kappa shape index (κ2) is 7.04. The van der Waals surface area contributed by atoms with Crippen LogP contribution in [0.1, 0.15) is 19.5 Å². The lowest BCUT2D eigenvalue weighted by Gasteiger charge is -2.20. The number of aromatic nitrogens is 1. The van der Waals surface area contributed by atoms with Crippen LogP contribution in [0.5, 0.6) is 0 Å². The minimum Gasteiger partial charge on any atom is -0.363 e. The summed E-state index contributed by atoms with van der Waals surface area (Å²) >= 11 is 0. The van der Waals surface area contributed by atoms with E-state index in [4.69, 9.17) is 0 Å². The van der Waals surface area contributed by atoms with Crippen molar-refractivity contribution in [2.24, 2.45) is 0 Å². The highest BCUT2D eigenvalue weighted by atomic mass is 32.2. The van der Waals surface area contributed by atoms with Crippen LogP contribution in [0, 0.1) is 0 Å². The zero-order valence-electron chi connectivity index (χ0n) is 12.0. The summed E-state index contributed by atoms with van der Waals surface area (Å²) < 4.78 is 26.7. The molecule has 3 N–H and O–H groups in total. The number of nitrogens with zero attached hydrogens (tertiary/aromatic N) is 1. The van der Waals surface area contributed by atoms with Crippen molar-refractivity contribution in [3.63, 3.8) is 0 Å². The maximum atomic E-state index is 12.0. The highest BCUT2D eigenvalue weighted by molar-refractivity contribution is 7.89. The van der Waals surface area contributed by atoms with E-state index in [-0.39, 0.29) is 4.90 Å². The third kappa shape index (κ3) is 4.94. The Balaban J connectivity index is 2.55. The standard InChI is InChI=1S/C12H24N4O2S/c1-10(2)16(4)6-5-15-19(17,18)12-7-11(8-13-3)14-9-12/h7,9-10,13-15H,5-6,8H2,1-4H3. The molecule has 1 aromatic heterocycles. The maximum Gasteiger partial charge on any atom is 0.242 e. The Hall–Kier alpha value is -0.890. The Morgan fingerprint density at radius 2 is 2.11 bits per heavy atom. The molecule has 1 rings (SSSR count). The molecule has 7 heteroatoms. The van der Waals surface area contributed by atoms with Crippen molar-refractivity contribution in [3.8, 4) is 0 Å². The summed E-state index contributed by atoms with van der Waals surface area (Å²) in [7, 11) is 0.372. The average Bonchev–Trinajstić information content (AvgIpc) is 2.78. The van der Waals surface area contributed by atoms with Crippen molar-refractivity contribution in [1.82, 2.24) is 19.9 Å². The second-order valence-corrected chi connectivity index (χ2v) is 6.63. The van der Waals surface area contributed by atoms with Crippen molar-refractivity contribution < 1.29 is 8.42 Å². The Morgan fingerprint density at radius 3 is 2.68 bits per heavy atom. The van der Waals surface area contributed by atoms with Crippen LogP contribution in [0.4, 0.5) is 0 Å². The van der Waals surface area contributed by atoms with Crippen LogP contribution in [0.3, 0.4) is 0 Å². The summed E-state index contributed by atoms with van der Waals surface area (Å²) in [6.45, 7) is 5.86. The van der Waals surface area contributed by atoms with Gasteiger partial charge in [0, 0.05) is 37.6 Å². The number of H-pyrrole nitrogens is 1. The molecule has 0 fully saturated rings. The van der Waals surface area contributed by atoms with Crippen molar-refractivity contribution in [1.29, 1.82) is 0 Å². The molecule has 0 amide bonds. The fourth-order valence-electron chi connectivity index (χ4n) is 1.56. The van der Waals surface area contributed by atoms with Crippen molar-refractivity contribution in [2.75, 3.05) is 27.2 Å². The van der Waals surface area contributed by atoms with Crippen molar-refractivity contribution in [2.45, 2.75) is 31.3 Å². The first-order valence-electron chi connectivity index (χ1n) is 6.38. The smallest absolute Gasteiger partial charge is 0.242 e. The normalized spacial score (nSPS) is 12.5. The van der Waals surface area contributed by atoms with Crippen molar-refractivity contribution in [3.05, 3.63) is 18.0 Å². The molecule has 1 aromatic rings. The quantitative estimate of drug-likeness (QED) is 0.645. The van der Waals surface area contributed by atoms with E-state index in [1.165, 1.54) is 6.20 Å². The summed E-state index contributed by atoms with van der Waals surface area (Å²) in [5.41, 5.74) is 0.849. The fraction of sp³-hybridized carbons (Fsp3) is 0.667. The lowest BCUT2D eigenvalue weighted by Crippen LogP contribution is -2.36. The average molecular weight is 288 g/mol. The van der Waals surface area contributed by atoms with E-state index in [1.54, 1.807) is 6.07 Å². The van der Waals surface area contributed by atoms with Gasteiger partial charge >= 0.3 is 0 Å². The molecule has 0 aliphatic rings. The third-order valence-corrected chi connectivity index (χ3v) is 4.47. The number of nitrogens with one attached hydrogen (secondary N) is 3. The van der Waals surface area contributed by atoms with E-state index in [9.17, 15) is 8.42 Å². The Morgan fingerprint density at radius 1 is 1.42 bits per heavy atom. The molecule has 110 valence electrons. The number of hydrogen-bond acceptors (Lipinski definition) is 4. The van der Waals surface area contributed by atoms with Gasteiger partial charge in [0.05, 0.1) is 4.90 Å². The number of hydrogen-bond donors (Lipinski definition) is 3. The van der Waals surface area contributed by atoms with Gasteiger partial charge in [0.1, 0.15) is 0 Å². The summed E-state index contributed by atoms with van der Waals surface area (Å²) in [5.74, 6) is 0. The molecule has 0 aromatic carbocycles. The van der Waals surface area contributed by atoms with Crippen LogP contribution in [0.2, 0.25) is 0 Å². The number of rotatable bonds is 8. The van der Waals surface area contributed by atoms with Gasteiger partial charge in [-0.1, -0.05) is 0 Å². The second-order valence-electron chi connectivity index (χ2n) is 4.86. The summed E-state index contributed by atoms with van der Waals surface area (Å²) in [4.78, 5) is 5.31. The summed E-state index contributed by atoms with van der Waals surface area (Å²) in [5, 5.41) is 2.97. The molecule has 0 spiro atoms. The van der Waals surface area contributed by atoms with Gasteiger partial charge in [-0.05, 0) is 34.0 Å². The van der Waals surface area contributed by atoms with Crippen LogP contribution in [-0.2, 0) is 16.6 Å². The number of aromatic amines is 1. The van der Waals surface area contributed by atoms with Crippen LogP contribution in [0.15, 0.2) is 17.2 Å². The summed E-state index contributed by atoms with van der Waals surface area (Å²) in [6, 6.07) is 2.05. The number of sulfonamides is 1. The molecule has 6 nitrogen and oxygen atoms in total. The number of likely N-dealkylation sites (N-methyl/N-ethyl adjacent to an activating group) is 1. The topological polar surface area (TPSA) is 77.2 Å². The minimum atomic E-state index is -3.41. The van der Waals surface area contributed by atoms with Gasteiger partial charge in [-0.3, -0.25) is 0 Å². The first-order chi connectivity index (χ1) is 8.86. The van der Waals surface area contributed by atoms with E-state index in [0.29, 0.717) is 25.7 Å². The molecular formula is C12H24N4O2S. The third-order valence-electron chi connectivity index (χ3n) is 3.03. The minimum absolute atomic E-state index is 0.282.